The number of nitro groups is 1. The van der Waals surface area contributed by atoms with Crippen molar-refractivity contribution in [1.29, 1.82) is 0 Å². The van der Waals surface area contributed by atoms with Crippen molar-refractivity contribution in [1.82, 2.24) is 4.98 Å². The van der Waals surface area contributed by atoms with Crippen LogP contribution in [0.15, 0.2) is 40.9 Å². The Kier molecular flexibility index (Phi) is 4.10. The van der Waals surface area contributed by atoms with Crippen LogP contribution in [-0.4, -0.2) is 15.8 Å². The van der Waals surface area contributed by atoms with Gasteiger partial charge in [-0.15, -0.1) is 0 Å². The van der Waals surface area contributed by atoms with E-state index in [0.29, 0.717) is 10.7 Å². The second kappa shape index (κ2) is 6.05. The summed E-state index contributed by atoms with van der Waals surface area (Å²) in [5, 5.41) is 14.1. The minimum absolute atomic E-state index is 0.0790. The van der Waals surface area contributed by atoms with E-state index in [-0.39, 0.29) is 11.3 Å². The Morgan fingerprint density at radius 3 is 2.74 bits per heavy atom. The number of anilines is 1. The Morgan fingerprint density at radius 1 is 1.30 bits per heavy atom. The van der Waals surface area contributed by atoms with Gasteiger partial charge in [0.05, 0.1) is 15.1 Å². The van der Waals surface area contributed by atoms with Gasteiger partial charge in [0.2, 0.25) is 0 Å². The van der Waals surface area contributed by atoms with Crippen LogP contribution in [0.5, 0.6) is 0 Å². The molecule has 2 aromatic carbocycles. The van der Waals surface area contributed by atoms with Gasteiger partial charge in [-0.05, 0) is 41.1 Å². The van der Waals surface area contributed by atoms with Crippen molar-refractivity contribution < 1.29 is 9.72 Å². The molecule has 116 valence electrons. The highest BCUT2D eigenvalue weighted by Gasteiger charge is 2.19. The van der Waals surface area contributed by atoms with Gasteiger partial charge >= 0.3 is 0 Å². The van der Waals surface area contributed by atoms with Crippen LogP contribution in [0.3, 0.4) is 0 Å². The van der Waals surface area contributed by atoms with E-state index in [1.165, 1.54) is 23.5 Å². The fraction of sp³-hybridized carbons (Fsp3) is 0.0667. The lowest BCUT2D eigenvalue weighted by molar-refractivity contribution is -0.385. The normalized spacial score (nSPS) is 10.7. The molecule has 1 N–H and O–H groups in total. The predicted octanol–water partition coefficient (Wildman–Crippen LogP) is 4.53. The molecule has 0 aliphatic carbocycles. The molecule has 3 rings (SSSR count). The van der Waals surface area contributed by atoms with Crippen LogP contribution < -0.4 is 5.32 Å². The SMILES string of the molecule is Cc1c(C(=O)Nc2nc3c(Br)cccc3s2)cccc1[N+](=O)[O-]. The minimum atomic E-state index is -0.499. The average molecular weight is 392 g/mol. The molecule has 0 saturated carbocycles. The zero-order valence-electron chi connectivity index (χ0n) is 11.9. The minimum Gasteiger partial charge on any atom is -0.298 e. The van der Waals surface area contributed by atoms with Crippen molar-refractivity contribution in [3.8, 4) is 0 Å². The third-order valence-corrected chi connectivity index (χ3v) is 4.91. The second-order valence-electron chi connectivity index (χ2n) is 4.77. The number of rotatable bonds is 3. The Bertz CT molecular complexity index is 939. The van der Waals surface area contributed by atoms with Gasteiger partial charge in [0.25, 0.3) is 11.6 Å². The number of amides is 1. The summed E-state index contributed by atoms with van der Waals surface area (Å²) in [7, 11) is 0. The Balaban J connectivity index is 1.93. The molecule has 0 bridgehead atoms. The first-order valence-corrected chi connectivity index (χ1v) is 8.18. The maximum Gasteiger partial charge on any atom is 0.273 e. The van der Waals surface area contributed by atoms with E-state index in [0.717, 1.165) is 14.7 Å². The van der Waals surface area contributed by atoms with E-state index in [4.69, 9.17) is 0 Å². The number of halogens is 1. The standard InChI is InChI=1S/C15H10BrN3O3S/c1-8-9(4-2-6-11(8)19(21)22)14(20)18-15-17-13-10(16)5-3-7-12(13)23-15/h2-7H,1H3,(H,17,18,20). The second-order valence-corrected chi connectivity index (χ2v) is 6.65. The molecule has 0 radical (unpaired) electrons. The molecular weight excluding hydrogens is 382 g/mol. The number of para-hydroxylation sites is 1. The number of carbonyl (C=O) groups excluding carboxylic acids is 1. The number of nitrogens with zero attached hydrogens (tertiary/aromatic N) is 2. The highest BCUT2D eigenvalue weighted by atomic mass is 79.9. The highest BCUT2D eigenvalue weighted by Crippen LogP contribution is 2.31. The average Bonchev–Trinajstić information content (AvgIpc) is 2.91. The van der Waals surface area contributed by atoms with Crippen LogP contribution in [-0.2, 0) is 0 Å². The molecule has 23 heavy (non-hydrogen) atoms. The molecule has 0 saturated heterocycles. The van der Waals surface area contributed by atoms with Crippen LogP contribution in [0.4, 0.5) is 10.8 Å². The first kappa shape index (κ1) is 15.6. The van der Waals surface area contributed by atoms with Gasteiger partial charge in [-0.2, -0.15) is 0 Å². The molecule has 1 aromatic heterocycles. The van der Waals surface area contributed by atoms with Crippen LogP contribution in [0.2, 0.25) is 0 Å². The maximum atomic E-state index is 12.4. The Morgan fingerprint density at radius 2 is 2.04 bits per heavy atom. The predicted molar refractivity (Wildman–Crippen MR) is 93.1 cm³/mol. The van der Waals surface area contributed by atoms with Gasteiger partial charge in [-0.3, -0.25) is 20.2 Å². The molecule has 3 aromatic rings. The van der Waals surface area contributed by atoms with E-state index >= 15 is 0 Å². The summed E-state index contributed by atoms with van der Waals surface area (Å²) in [6.45, 7) is 1.56. The number of hydrogen-bond acceptors (Lipinski definition) is 5. The van der Waals surface area contributed by atoms with Crippen molar-refractivity contribution in [2.45, 2.75) is 6.92 Å². The van der Waals surface area contributed by atoms with Crippen LogP contribution in [0.1, 0.15) is 15.9 Å². The van der Waals surface area contributed by atoms with Crippen molar-refractivity contribution in [2.24, 2.45) is 0 Å². The molecule has 0 spiro atoms. The fourth-order valence-electron chi connectivity index (χ4n) is 2.20. The molecule has 8 heteroatoms. The highest BCUT2D eigenvalue weighted by molar-refractivity contribution is 9.10. The zero-order chi connectivity index (χ0) is 16.6. The molecule has 0 aliphatic rings. The van der Waals surface area contributed by atoms with Gasteiger partial charge in [-0.25, -0.2) is 4.98 Å². The fourth-order valence-corrected chi connectivity index (χ4v) is 3.67. The van der Waals surface area contributed by atoms with Gasteiger partial charge in [0.1, 0.15) is 0 Å². The van der Waals surface area contributed by atoms with Crippen molar-refractivity contribution in [2.75, 3.05) is 5.32 Å². The van der Waals surface area contributed by atoms with Crippen molar-refractivity contribution in [3.63, 3.8) is 0 Å². The van der Waals surface area contributed by atoms with Gasteiger partial charge < -0.3 is 0 Å². The molecule has 0 unspecified atom stereocenters. The van der Waals surface area contributed by atoms with Crippen LogP contribution >= 0.6 is 27.3 Å². The Hall–Kier alpha value is -2.32. The topological polar surface area (TPSA) is 85.1 Å². The third kappa shape index (κ3) is 2.95. The molecule has 0 aliphatic heterocycles. The van der Waals surface area contributed by atoms with E-state index < -0.39 is 10.8 Å². The summed E-state index contributed by atoms with van der Waals surface area (Å²) in [5.74, 6) is -0.415. The van der Waals surface area contributed by atoms with E-state index in [9.17, 15) is 14.9 Å². The summed E-state index contributed by atoms with van der Waals surface area (Å²) in [6, 6.07) is 10.1. The summed E-state index contributed by atoms with van der Waals surface area (Å²) in [6.07, 6.45) is 0. The molecular formula is C15H10BrN3O3S. The molecule has 1 heterocycles. The maximum absolute atomic E-state index is 12.4. The molecule has 0 atom stereocenters. The third-order valence-electron chi connectivity index (χ3n) is 3.34. The van der Waals surface area contributed by atoms with Crippen LogP contribution in [0.25, 0.3) is 10.2 Å². The number of thiazole rings is 1. The van der Waals surface area contributed by atoms with Crippen molar-refractivity contribution >= 4 is 54.2 Å². The number of benzene rings is 2. The van der Waals surface area contributed by atoms with Gasteiger partial charge in [0, 0.05) is 21.7 Å². The summed E-state index contributed by atoms with van der Waals surface area (Å²) < 4.78 is 1.78. The number of nitrogens with one attached hydrogen (secondary N) is 1. The Labute approximate surface area is 143 Å². The molecule has 6 nitrogen and oxygen atoms in total. The van der Waals surface area contributed by atoms with E-state index in [1.54, 1.807) is 13.0 Å². The number of fused-ring (bicyclic) bond motifs is 1. The zero-order valence-corrected chi connectivity index (χ0v) is 14.3. The van der Waals surface area contributed by atoms with E-state index in [2.05, 4.69) is 26.2 Å². The van der Waals surface area contributed by atoms with E-state index in [1.807, 2.05) is 18.2 Å². The van der Waals surface area contributed by atoms with Crippen LogP contribution in [0, 0.1) is 17.0 Å². The largest absolute Gasteiger partial charge is 0.298 e. The summed E-state index contributed by atoms with van der Waals surface area (Å²) >= 11 is 4.76. The number of carbonyl (C=O) groups is 1. The lowest BCUT2D eigenvalue weighted by Gasteiger charge is -2.05. The van der Waals surface area contributed by atoms with Gasteiger partial charge in [0.15, 0.2) is 5.13 Å². The monoisotopic (exact) mass is 391 g/mol. The molecule has 0 fully saturated rings. The first-order valence-electron chi connectivity index (χ1n) is 6.58. The summed E-state index contributed by atoms with van der Waals surface area (Å²) in [5.41, 5.74) is 1.28. The smallest absolute Gasteiger partial charge is 0.273 e. The number of nitro benzene ring substituents is 1. The lowest BCUT2D eigenvalue weighted by atomic mass is 10.1. The van der Waals surface area contributed by atoms with Crippen molar-refractivity contribution in [3.05, 3.63) is 62.1 Å². The quantitative estimate of drug-likeness (QED) is 0.524. The lowest BCUT2D eigenvalue weighted by Crippen LogP contribution is -2.13. The number of aromatic nitrogens is 1. The first-order chi connectivity index (χ1) is 11.0. The summed E-state index contributed by atoms with van der Waals surface area (Å²) in [4.78, 5) is 27.2. The van der Waals surface area contributed by atoms with Gasteiger partial charge in [-0.1, -0.05) is 23.5 Å². The molecule has 1 amide bonds. The number of hydrogen-bond donors (Lipinski definition) is 1.